The van der Waals surface area contributed by atoms with Crippen LogP contribution in [0.2, 0.25) is 39.3 Å². The van der Waals surface area contributed by atoms with Crippen LogP contribution in [0.15, 0.2) is 133 Å². The summed E-state index contributed by atoms with van der Waals surface area (Å²) in [6.45, 7) is 13.5. The van der Waals surface area contributed by atoms with Crippen LogP contribution in [-0.2, 0) is 8.85 Å². The number of benzene rings is 4. The third-order valence-corrected chi connectivity index (χ3v) is 8.02. The van der Waals surface area contributed by atoms with E-state index in [1.807, 2.05) is 0 Å². The van der Waals surface area contributed by atoms with E-state index in [-0.39, 0.29) is 11.8 Å². The van der Waals surface area contributed by atoms with Crippen molar-refractivity contribution >= 4 is 28.8 Å². The average Bonchev–Trinajstić information content (AvgIpc) is 2.91. The highest BCUT2D eigenvalue weighted by atomic mass is 28.4. The zero-order chi connectivity index (χ0) is 28.6. The minimum atomic E-state index is -1.99. The monoisotopic (exact) mass is 562 g/mol. The third kappa shape index (κ3) is 8.70. The summed E-state index contributed by atoms with van der Waals surface area (Å²) in [5.74, 6) is 1.76. The fourth-order valence-corrected chi connectivity index (χ4v) is 6.65. The Morgan fingerprint density at radius 2 is 0.725 bits per heavy atom. The normalized spacial score (nSPS) is 14.3. The van der Waals surface area contributed by atoms with Crippen LogP contribution >= 0.6 is 0 Å². The Labute approximate surface area is 243 Å². The van der Waals surface area contributed by atoms with E-state index in [0.29, 0.717) is 0 Å². The maximum atomic E-state index is 7.02. The van der Waals surface area contributed by atoms with Crippen molar-refractivity contribution in [2.24, 2.45) is 0 Å². The molecular formula is C36H42O2Si2. The number of allylic oxidation sites excluding steroid dienone is 2. The summed E-state index contributed by atoms with van der Waals surface area (Å²) in [6, 6.07) is 42.6. The first-order valence-electron chi connectivity index (χ1n) is 14.1. The van der Waals surface area contributed by atoms with E-state index < -0.39 is 16.6 Å². The molecule has 2 atom stereocenters. The minimum Gasteiger partial charge on any atom is -0.547 e. The van der Waals surface area contributed by atoms with Crippen LogP contribution in [0.4, 0.5) is 0 Å². The van der Waals surface area contributed by atoms with Gasteiger partial charge in [-0.05, 0) is 73.7 Å². The van der Waals surface area contributed by atoms with E-state index in [4.69, 9.17) is 8.85 Å². The highest BCUT2D eigenvalue weighted by Gasteiger charge is 2.37. The largest absolute Gasteiger partial charge is 0.547 e. The average molecular weight is 563 g/mol. The smallest absolute Gasteiger partial charge is 0.241 e. The van der Waals surface area contributed by atoms with Gasteiger partial charge in [0.1, 0.15) is 0 Å². The van der Waals surface area contributed by atoms with E-state index >= 15 is 0 Å². The summed E-state index contributed by atoms with van der Waals surface area (Å²) in [4.78, 5) is 0. The summed E-state index contributed by atoms with van der Waals surface area (Å²) >= 11 is 0. The van der Waals surface area contributed by atoms with Gasteiger partial charge in [-0.1, -0.05) is 121 Å². The summed E-state index contributed by atoms with van der Waals surface area (Å²) < 4.78 is 14.0. The Morgan fingerprint density at radius 3 is 1.00 bits per heavy atom. The molecule has 0 heterocycles. The molecular weight excluding hydrogens is 521 g/mol. The standard InChI is InChI=1S/C36H42O2Si2/c1-39(2,3)37-33(27-29-19-11-7-12-20-29)35(31-23-15-9-16-24-31)36(32-25-17-10-18-26-32)34(38-40(4,5)6)28-30-21-13-8-14-22-30/h7-28,35-36H,1-6H3/b33-27+,34-28?. The first-order chi connectivity index (χ1) is 19.1. The van der Waals surface area contributed by atoms with Gasteiger partial charge in [-0.3, -0.25) is 0 Å². The molecule has 2 unspecified atom stereocenters. The molecule has 40 heavy (non-hydrogen) atoms. The van der Waals surface area contributed by atoms with Crippen LogP contribution in [0, 0.1) is 0 Å². The van der Waals surface area contributed by atoms with Crippen LogP contribution in [0.25, 0.3) is 12.2 Å². The lowest BCUT2D eigenvalue weighted by Crippen LogP contribution is -2.31. The summed E-state index contributed by atoms with van der Waals surface area (Å²) in [5.41, 5.74) is 4.66. The molecule has 0 spiro atoms. The van der Waals surface area contributed by atoms with Gasteiger partial charge in [-0.25, -0.2) is 0 Å². The first-order valence-corrected chi connectivity index (χ1v) is 20.9. The molecule has 0 aliphatic carbocycles. The molecule has 0 aliphatic heterocycles. The van der Waals surface area contributed by atoms with Gasteiger partial charge in [0.25, 0.3) is 0 Å². The predicted octanol–water partition coefficient (Wildman–Crippen LogP) is 10.3. The minimum absolute atomic E-state index is 0.0955. The van der Waals surface area contributed by atoms with Gasteiger partial charge in [0.05, 0.1) is 23.4 Å². The summed E-state index contributed by atoms with van der Waals surface area (Å²) in [6.07, 6.45) is 4.47. The lowest BCUT2D eigenvalue weighted by molar-refractivity contribution is 0.325. The second-order valence-electron chi connectivity index (χ2n) is 12.1. The molecule has 0 radical (unpaired) electrons. The molecule has 4 heteroatoms. The maximum Gasteiger partial charge on any atom is 0.241 e. The van der Waals surface area contributed by atoms with Crippen molar-refractivity contribution in [3.8, 4) is 0 Å². The van der Waals surface area contributed by atoms with Crippen molar-refractivity contribution in [3.05, 3.63) is 155 Å². The predicted molar refractivity (Wildman–Crippen MR) is 176 cm³/mol. The summed E-state index contributed by atoms with van der Waals surface area (Å²) in [5, 5.41) is 0. The van der Waals surface area contributed by atoms with Crippen LogP contribution in [0.3, 0.4) is 0 Å². The fraction of sp³-hybridized carbons (Fsp3) is 0.222. The Morgan fingerprint density at radius 1 is 0.450 bits per heavy atom. The lowest BCUT2D eigenvalue weighted by atomic mass is 9.78. The third-order valence-electron chi connectivity index (χ3n) is 6.33. The number of hydrogen-bond donors (Lipinski definition) is 0. The highest BCUT2D eigenvalue weighted by Crippen LogP contribution is 2.46. The van der Waals surface area contributed by atoms with Crippen LogP contribution in [-0.4, -0.2) is 16.6 Å². The Hall–Kier alpha value is -3.61. The lowest BCUT2D eigenvalue weighted by Gasteiger charge is -2.37. The molecule has 0 fully saturated rings. The van der Waals surface area contributed by atoms with Gasteiger partial charge < -0.3 is 8.85 Å². The van der Waals surface area contributed by atoms with E-state index in [1.54, 1.807) is 0 Å². The molecule has 0 N–H and O–H groups in total. The summed E-state index contributed by atoms with van der Waals surface area (Å²) in [7, 11) is -3.98. The topological polar surface area (TPSA) is 18.5 Å². The van der Waals surface area contributed by atoms with Crippen molar-refractivity contribution in [1.29, 1.82) is 0 Å². The SMILES string of the molecule is C[Si](C)(C)OC(=Cc1ccccc1)C(c1ccccc1)C(/C(=C\c1ccccc1)O[Si](C)(C)C)c1ccccc1. The second kappa shape index (κ2) is 13.2. The highest BCUT2D eigenvalue weighted by molar-refractivity contribution is 6.70. The molecule has 206 valence electrons. The molecule has 0 saturated carbocycles. The van der Waals surface area contributed by atoms with E-state index in [9.17, 15) is 0 Å². The molecule has 4 rings (SSSR count). The number of hydrogen-bond acceptors (Lipinski definition) is 2. The van der Waals surface area contributed by atoms with Gasteiger partial charge in [-0.15, -0.1) is 0 Å². The van der Waals surface area contributed by atoms with Crippen LogP contribution < -0.4 is 0 Å². The molecule has 0 bridgehead atoms. The fourth-order valence-electron chi connectivity index (χ4n) is 4.86. The zero-order valence-corrected chi connectivity index (χ0v) is 26.7. The van der Waals surface area contributed by atoms with E-state index in [2.05, 4.69) is 173 Å². The van der Waals surface area contributed by atoms with E-state index in [0.717, 1.165) is 22.6 Å². The Balaban J connectivity index is 2.03. The number of rotatable bonds is 11. The van der Waals surface area contributed by atoms with Gasteiger partial charge in [-0.2, -0.15) is 0 Å². The molecule has 0 saturated heterocycles. The van der Waals surface area contributed by atoms with Crippen molar-refractivity contribution in [2.75, 3.05) is 0 Å². The second-order valence-corrected chi connectivity index (χ2v) is 21.0. The molecule has 2 nitrogen and oxygen atoms in total. The van der Waals surface area contributed by atoms with Crippen molar-refractivity contribution < 1.29 is 8.85 Å². The Kier molecular flexibility index (Phi) is 9.67. The quantitative estimate of drug-likeness (QED) is 0.134. The molecule has 0 aliphatic rings. The van der Waals surface area contributed by atoms with Crippen LogP contribution in [0.1, 0.15) is 34.1 Å². The van der Waals surface area contributed by atoms with Gasteiger partial charge in [0.2, 0.25) is 16.6 Å². The Bertz CT molecular complexity index is 1270. The molecule has 4 aromatic carbocycles. The maximum absolute atomic E-state index is 7.02. The van der Waals surface area contributed by atoms with Crippen LogP contribution in [0.5, 0.6) is 0 Å². The van der Waals surface area contributed by atoms with Gasteiger partial charge in [0.15, 0.2) is 0 Å². The molecule has 0 amide bonds. The van der Waals surface area contributed by atoms with E-state index in [1.165, 1.54) is 11.1 Å². The van der Waals surface area contributed by atoms with Gasteiger partial charge >= 0.3 is 0 Å². The molecule has 4 aromatic rings. The first kappa shape index (κ1) is 29.4. The van der Waals surface area contributed by atoms with Crippen molar-refractivity contribution in [3.63, 3.8) is 0 Å². The molecule has 0 aromatic heterocycles. The zero-order valence-electron chi connectivity index (χ0n) is 24.7. The van der Waals surface area contributed by atoms with Crippen molar-refractivity contribution in [2.45, 2.75) is 51.1 Å². The van der Waals surface area contributed by atoms with Crippen molar-refractivity contribution in [1.82, 2.24) is 0 Å². The van der Waals surface area contributed by atoms with Gasteiger partial charge in [0, 0.05) is 0 Å².